The van der Waals surface area contributed by atoms with Gasteiger partial charge in [-0.2, -0.15) is 0 Å². The highest BCUT2D eigenvalue weighted by molar-refractivity contribution is 5.76. The van der Waals surface area contributed by atoms with Crippen molar-refractivity contribution in [2.45, 2.75) is 39.2 Å². The van der Waals surface area contributed by atoms with Crippen molar-refractivity contribution >= 4 is 5.91 Å². The van der Waals surface area contributed by atoms with Gasteiger partial charge in [0.1, 0.15) is 5.75 Å². The van der Waals surface area contributed by atoms with Gasteiger partial charge in [-0.1, -0.05) is 6.92 Å². The molecule has 1 heterocycles. The van der Waals surface area contributed by atoms with Gasteiger partial charge in [0.25, 0.3) is 0 Å². The smallest absolute Gasteiger partial charge is 0.247 e. The lowest BCUT2D eigenvalue weighted by atomic mass is 10.2. The van der Waals surface area contributed by atoms with Crippen molar-refractivity contribution in [3.8, 4) is 17.2 Å². The molecule has 1 aromatic carbocycles. The highest BCUT2D eigenvalue weighted by Gasteiger charge is 2.11. The number of nitrogens with one attached hydrogen (secondary N) is 1. The minimum atomic E-state index is -0.00134. The van der Waals surface area contributed by atoms with E-state index < -0.39 is 0 Å². The van der Waals surface area contributed by atoms with Crippen molar-refractivity contribution < 1.29 is 13.9 Å². The second kappa shape index (κ2) is 7.59. The van der Waals surface area contributed by atoms with Crippen LogP contribution < -0.4 is 10.1 Å². The van der Waals surface area contributed by atoms with E-state index in [1.165, 1.54) is 0 Å². The van der Waals surface area contributed by atoms with E-state index in [4.69, 9.17) is 9.15 Å². The summed E-state index contributed by atoms with van der Waals surface area (Å²) in [5.41, 5.74) is 0.823. The number of hydrogen-bond donors (Lipinski definition) is 1. The predicted molar refractivity (Wildman–Crippen MR) is 82.5 cm³/mol. The van der Waals surface area contributed by atoms with E-state index in [2.05, 4.69) is 15.5 Å². The summed E-state index contributed by atoms with van der Waals surface area (Å²) in [5.74, 6) is 1.67. The summed E-state index contributed by atoms with van der Waals surface area (Å²) in [5, 5.41) is 10.9. The van der Waals surface area contributed by atoms with Gasteiger partial charge in [0, 0.05) is 24.4 Å². The van der Waals surface area contributed by atoms with Gasteiger partial charge < -0.3 is 14.5 Å². The Morgan fingerprint density at radius 1 is 1.32 bits per heavy atom. The average molecular weight is 303 g/mol. The lowest BCUT2D eigenvalue weighted by Gasteiger charge is -2.10. The molecule has 0 saturated heterocycles. The van der Waals surface area contributed by atoms with Crippen LogP contribution in [0.1, 0.15) is 32.6 Å². The van der Waals surface area contributed by atoms with Crippen molar-refractivity contribution in [3.63, 3.8) is 0 Å². The fraction of sp³-hybridized carbons (Fsp3) is 0.438. The van der Waals surface area contributed by atoms with E-state index in [1.54, 1.807) is 7.11 Å². The molecule has 1 N–H and O–H groups in total. The summed E-state index contributed by atoms with van der Waals surface area (Å²) in [6.07, 6.45) is 1.69. The highest BCUT2D eigenvalue weighted by atomic mass is 16.5. The van der Waals surface area contributed by atoms with Gasteiger partial charge in [0.05, 0.1) is 7.11 Å². The number of rotatable bonds is 7. The van der Waals surface area contributed by atoms with E-state index in [-0.39, 0.29) is 11.9 Å². The van der Waals surface area contributed by atoms with Crippen LogP contribution >= 0.6 is 0 Å². The summed E-state index contributed by atoms with van der Waals surface area (Å²) in [6, 6.07) is 7.56. The zero-order valence-electron chi connectivity index (χ0n) is 13.1. The quantitative estimate of drug-likeness (QED) is 0.850. The van der Waals surface area contributed by atoms with Gasteiger partial charge in [0.2, 0.25) is 17.7 Å². The Kier molecular flexibility index (Phi) is 5.52. The van der Waals surface area contributed by atoms with E-state index in [1.807, 2.05) is 38.1 Å². The number of hydrogen-bond acceptors (Lipinski definition) is 5. The van der Waals surface area contributed by atoms with Gasteiger partial charge in [-0.25, -0.2) is 0 Å². The molecule has 6 heteroatoms. The Labute approximate surface area is 129 Å². The van der Waals surface area contributed by atoms with Crippen LogP contribution in [-0.2, 0) is 11.2 Å². The lowest BCUT2D eigenvalue weighted by molar-refractivity contribution is -0.121. The number of aromatic nitrogens is 2. The molecule has 2 aromatic rings. The van der Waals surface area contributed by atoms with Gasteiger partial charge in [-0.05, 0) is 37.6 Å². The van der Waals surface area contributed by atoms with Crippen molar-refractivity contribution in [2.75, 3.05) is 7.11 Å². The number of amides is 1. The first-order valence-electron chi connectivity index (χ1n) is 7.38. The minimum Gasteiger partial charge on any atom is -0.497 e. The summed E-state index contributed by atoms with van der Waals surface area (Å²) in [7, 11) is 1.62. The molecule has 1 aromatic heterocycles. The maximum atomic E-state index is 11.7. The zero-order chi connectivity index (χ0) is 15.9. The molecule has 0 spiro atoms. The SMILES string of the molecule is CCC(C)NC(=O)CCc1nnc(-c2ccc(OC)cc2)o1. The van der Waals surface area contributed by atoms with E-state index >= 15 is 0 Å². The Morgan fingerprint density at radius 3 is 2.68 bits per heavy atom. The van der Waals surface area contributed by atoms with E-state index in [0.29, 0.717) is 24.6 Å². The Bertz CT molecular complexity index is 607. The Balaban J connectivity index is 1.92. The molecule has 0 saturated carbocycles. The largest absolute Gasteiger partial charge is 0.497 e. The Hall–Kier alpha value is -2.37. The summed E-state index contributed by atoms with van der Waals surface area (Å²) in [6.45, 7) is 4.01. The van der Waals surface area contributed by atoms with Crippen molar-refractivity contribution in [3.05, 3.63) is 30.2 Å². The van der Waals surface area contributed by atoms with Crippen LogP contribution in [0.4, 0.5) is 0 Å². The molecular formula is C16H21N3O3. The van der Waals surface area contributed by atoms with Crippen molar-refractivity contribution in [1.82, 2.24) is 15.5 Å². The van der Waals surface area contributed by atoms with Crippen molar-refractivity contribution in [1.29, 1.82) is 0 Å². The zero-order valence-corrected chi connectivity index (χ0v) is 13.1. The van der Waals surface area contributed by atoms with Crippen LogP contribution in [0.15, 0.2) is 28.7 Å². The number of ether oxygens (including phenoxy) is 1. The molecule has 2 rings (SSSR count). The fourth-order valence-corrected chi connectivity index (χ4v) is 1.87. The first-order chi connectivity index (χ1) is 10.6. The van der Waals surface area contributed by atoms with E-state index in [0.717, 1.165) is 17.7 Å². The van der Waals surface area contributed by atoms with Crippen LogP contribution in [0, 0.1) is 0 Å². The van der Waals surface area contributed by atoms with Crippen LogP contribution in [-0.4, -0.2) is 29.3 Å². The third-order valence-electron chi connectivity index (χ3n) is 3.39. The number of aryl methyl sites for hydroxylation is 1. The van der Waals surface area contributed by atoms with Gasteiger partial charge in [-0.15, -0.1) is 10.2 Å². The molecule has 0 aliphatic carbocycles. The Morgan fingerprint density at radius 2 is 2.05 bits per heavy atom. The number of carbonyl (C=O) groups excluding carboxylic acids is 1. The predicted octanol–water partition coefficient (Wildman–Crippen LogP) is 2.59. The third kappa shape index (κ3) is 4.31. The molecule has 6 nitrogen and oxygen atoms in total. The number of methoxy groups -OCH3 is 1. The molecule has 0 aliphatic rings. The lowest BCUT2D eigenvalue weighted by Crippen LogP contribution is -2.32. The standard InChI is InChI=1S/C16H21N3O3/c1-4-11(2)17-14(20)9-10-15-18-19-16(22-15)12-5-7-13(21-3)8-6-12/h5-8,11H,4,9-10H2,1-3H3,(H,17,20). The molecule has 1 atom stereocenters. The first kappa shape index (κ1) is 16.0. The summed E-state index contributed by atoms with van der Waals surface area (Å²) in [4.78, 5) is 11.7. The summed E-state index contributed by atoms with van der Waals surface area (Å²) >= 11 is 0. The van der Waals surface area contributed by atoms with Crippen LogP contribution in [0.2, 0.25) is 0 Å². The monoisotopic (exact) mass is 303 g/mol. The molecule has 0 bridgehead atoms. The molecule has 22 heavy (non-hydrogen) atoms. The van der Waals surface area contributed by atoms with Gasteiger partial charge >= 0.3 is 0 Å². The molecular weight excluding hydrogens is 282 g/mol. The molecule has 118 valence electrons. The first-order valence-corrected chi connectivity index (χ1v) is 7.38. The third-order valence-corrected chi connectivity index (χ3v) is 3.39. The van der Waals surface area contributed by atoms with Crippen molar-refractivity contribution in [2.24, 2.45) is 0 Å². The number of benzene rings is 1. The van der Waals surface area contributed by atoms with Gasteiger partial charge in [0.15, 0.2) is 0 Å². The van der Waals surface area contributed by atoms with E-state index in [9.17, 15) is 4.79 Å². The van der Waals surface area contributed by atoms with Crippen LogP contribution in [0.3, 0.4) is 0 Å². The maximum Gasteiger partial charge on any atom is 0.247 e. The minimum absolute atomic E-state index is 0.00134. The summed E-state index contributed by atoms with van der Waals surface area (Å²) < 4.78 is 10.7. The normalized spacial score (nSPS) is 12.0. The van der Waals surface area contributed by atoms with Gasteiger partial charge in [-0.3, -0.25) is 4.79 Å². The number of carbonyl (C=O) groups is 1. The maximum absolute atomic E-state index is 11.7. The molecule has 1 amide bonds. The highest BCUT2D eigenvalue weighted by Crippen LogP contribution is 2.21. The number of nitrogens with zero attached hydrogens (tertiary/aromatic N) is 2. The fourth-order valence-electron chi connectivity index (χ4n) is 1.87. The average Bonchev–Trinajstić information content (AvgIpc) is 3.02. The van der Waals surface area contributed by atoms with Crippen LogP contribution in [0.5, 0.6) is 5.75 Å². The molecule has 0 fully saturated rings. The second-order valence-corrected chi connectivity index (χ2v) is 5.11. The molecule has 0 radical (unpaired) electrons. The second-order valence-electron chi connectivity index (χ2n) is 5.11. The topological polar surface area (TPSA) is 77.2 Å². The molecule has 0 aliphatic heterocycles. The van der Waals surface area contributed by atoms with Crippen LogP contribution in [0.25, 0.3) is 11.5 Å². The molecule has 1 unspecified atom stereocenters.